The lowest BCUT2D eigenvalue weighted by Gasteiger charge is -2.40. The second-order valence-corrected chi connectivity index (χ2v) is 23.5. The first-order chi connectivity index (χ1) is 38.2. The molecule has 460 valence electrons. The number of ether oxygens (including phenoxy) is 2. The molecule has 0 bridgehead atoms. The highest BCUT2D eigenvalue weighted by atomic mass is 16.7. The van der Waals surface area contributed by atoms with Crippen LogP contribution in [0, 0.1) is 0 Å². The largest absolute Gasteiger partial charge is 0.394 e. The molecule has 1 amide bonds. The number of hydrogen-bond donors (Lipinski definition) is 8. The van der Waals surface area contributed by atoms with E-state index in [0.29, 0.717) is 19.3 Å². The maximum absolute atomic E-state index is 13.2. The van der Waals surface area contributed by atoms with Gasteiger partial charge in [-0.1, -0.05) is 275 Å². The molecule has 1 saturated heterocycles. The Morgan fingerprint density at radius 3 is 1.14 bits per heavy atom. The van der Waals surface area contributed by atoms with E-state index in [9.17, 15) is 40.5 Å². The fourth-order valence-electron chi connectivity index (χ4n) is 10.8. The van der Waals surface area contributed by atoms with Crippen LogP contribution < -0.4 is 5.32 Å². The fourth-order valence-corrected chi connectivity index (χ4v) is 10.8. The summed E-state index contributed by atoms with van der Waals surface area (Å²) in [6, 6.07) is -1.19. The van der Waals surface area contributed by atoms with Crippen LogP contribution in [0.2, 0.25) is 0 Å². The van der Waals surface area contributed by atoms with Crippen LogP contribution in [0.4, 0.5) is 0 Å². The molecule has 0 spiro atoms. The Kier molecular flexibility index (Phi) is 53.2. The highest BCUT2D eigenvalue weighted by Gasteiger charge is 2.44. The molecular formula is C67H127NO10. The molecule has 1 fully saturated rings. The summed E-state index contributed by atoms with van der Waals surface area (Å²) in [6.45, 7) is 3.48. The van der Waals surface area contributed by atoms with Crippen LogP contribution in [0.25, 0.3) is 0 Å². The van der Waals surface area contributed by atoms with Gasteiger partial charge in [0, 0.05) is 0 Å². The lowest BCUT2D eigenvalue weighted by atomic mass is 9.98. The minimum atomic E-state index is -1.67. The number of allylic oxidation sites excluding steroid dienone is 6. The standard InChI is InChI=1S/C67H127NO10/c1-3-5-7-9-11-13-15-17-19-21-23-25-27-28-29-30-31-32-33-35-37-39-41-43-45-47-49-51-53-55-60(71)66(76)68-58(57-77-67-65(75)64(74)63(73)61(56-69)78-67)62(72)59(70)54-52-50-48-46-44-42-40-38-36-34-26-24-22-20-18-16-14-12-10-8-6-4-2/h28-29,38,40,46,48,58-65,67,69-75H,3-27,30-37,39,41-45,47,49-57H2,1-2H3,(H,68,76)/b29-28-,40-38+,48-46+. The second kappa shape index (κ2) is 55.8. The van der Waals surface area contributed by atoms with E-state index in [1.165, 1.54) is 231 Å². The summed E-state index contributed by atoms with van der Waals surface area (Å²) in [5.41, 5.74) is 0. The highest BCUT2D eigenvalue weighted by molar-refractivity contribution is 5.80. The first-order valence-corrected chi connectivity index (χ1v) is 33.4. The summed E-state index contributed by atoms with van der Waals surface area (Å²) in [6.07, 6.45) is 59.3. The van der Waals surface area contributed by atoms with Crippen molar-refractivity contribution in [1.82, 2.24) is 5.32 Å². The van der Waals surface area contributed by atoms with Crippen LogP contribution in [0.1, 0.15) is 316 Å². The van der Waals surface area contributed by atoms with Crippen molar-refractivity contribution in [3.63, 3.8) is 0 Å². The predicted octanol–water partition coefficient (Wildman–Crippen LogP) is 15.4. The molecule has 11 nitrogen and oxygen atoms in total. The number of hydrogen-bond acceptors (Lipinski definition) is 10. The fraction of sp³-hybridized carbons (Fsp3) is 0.896. The zero-order valence-electron chi connectivity index (χ0n) is 50.7. The van der Waals surface area contributed by atoms with Crippen molar-refractivity contribution in [3.8, 4) is 0 Å². The number of carbonyl (C=O) groups is 1. The van der Waals surface area contributed by atoms with Gasteiger partial charge in [-0.15, -0.1) is 0 Å². The Bertz CT molecular complexity index is 1360. The minimum Gasteiger partial charge on any atom is -0.394 e. The third-order valence-electron chi connectivity index (χ3n) is 16.1. The average Bonchev–Trinajstić information content (AvgIpc) is 3.46. The van der Waals surface area contributed by atoms with Crippen molar-refractivity contribution in [2.75, 3.05) is 13.2 Å². The van der Waals surface area contributed by atoms with Crippen molar-refractivity contribution in [2.24, 2.45) is 0 Å². The Morgan fingerprint density at radius 2 is 0.769 bits per heavy atom. The molecular weight excluding hydrogens is 979 g/mol. The first kappa shape index (κ1) is 74.3. The minimum absolute atomic E-state index is 0.247. The van der Waals surface area contributed by atoms with E-state index in [-0.39, 0.29) is 12.8 Å². The molecule has 9 atom stereocenters. The lowest BCUT2D eigenvalue weighted by Crippen LogP contribution is -2.60. The van der Waals surface area contributed by atoms with Crippen LogP contribution in [-0.4, -0.2) is 110 Å². The molecule has 1 aliphatic rings. The van der Waals surface area contributed by atoms with Gasteiger partial charge in [0.2, 0.25) is 5.91 Å². The van der Waals surface area contributed by atoms with Gasteiger partial charge in [0.15, 0.2) is 6.29 Å². The monoisotopic (exact) mass is 1110 g/mol. The van der Waals surface area contributed by atoms with Gasteiger partial charge in [-0.05, 0) is 77.0 Å². The average molecular weight is 1110 g/mol. The second-order valence-electron chi connectivity index (χ2n) is 23.5. The van der Waals surface area contributed by atoms with E-state index in [2.05, 4.69) is 55.6 Å². The number of nitrogens with one attached hydrogen (secondary N) is 1. The molecule has 0 aromatic carbocycles. The normalized spacial score (nSPS) is 19.6. The summed E-state index contributed by atoms with van der Waals surface area (Å²) in [5.74, 6) is -0.706. The van der Waals surface area contributed by atoms with E-state index < -0.39 is 74.2 Å². The SMILES string of the molecule is CCCCCCCCCCCCCC/C=C\CCCCCCCCCCCCCCCC(O)C(=O)NC(COC1OC(CO)C(O)C(O)C1O)C(O)C(O)CCC/C=C/CC/C=C/CCCCCCCCCCCCCCC. The van der Waals surface area contributed by atoms with Gasteiger partial charge in [-0.3, -0.25) is 4.79 Å². The maximum Gasteiger partial charge on any atom is 0.249 e. The summed E-state index contributed by atoms with van der Waals surface area (Å²) in [5, 5.41) is 76.3. The molecule has 78 heavy (non-hydrogen) atoms. The van der Waals surface area contributed by atoms with Gasteiger partial charge >= 0.3 is 0 Å². The number of amides is 1. The van der Waals surface area contributed by atoms with Gasteiger partial charge in [0.1, 0.15) is 36.6 Å². The van der Waals surface area contributed by atoms with Crippen LogP contribution in [-0.2, 0) is 14.3 Å². The lowest BCUT2D eigenvalue weighted by molar-refractivity contribution is -0.303. The van der Waals surface area contributed by atoms with Crippen LogP contribution in [0.15, 0.2) is 36.5 Å². The van der Waals surface area contributed by atoms with E-state index >= 15 is 0 Å². The van der Waals surface area contributed by atoms with Crippen molar-refractivity contribution in [1.29, 1.82) is 0 Å². The van der Waals surface area contributed by atoms with Gasteiger partial charge in [0.05, 0.1) is 25.4 Å². The van der Waals surface area contributed by atoms with E-state index in [0.717, 1.165) is 38.5 Å². The Labute approximate surface area is 479 Å². The van der Waals surface area contributed by atoms with Crippen LogP contribution >= 0.6 is 0 Å². The molecule has 0 aromatic heterocycles. The maximum atomic E-state index is 13.2. The van der Waals surface area contributed by atoms with E-state index in [1.807, 2.05) is 0 Å². The van der Waals surface area contributed by atoms with Crippen molar-refractivity contribution < 1.29 is 50.0 Å². The summed E-state index contributed by atoms with van der Waals surface area (Å²) < 4.78 is 11.2. The van der Waals surface area contributed by atoms with Gasteiger partial charge < -0.3 is 50.5 Å². The Morgan fingerprint density at radius 1 is 0.436 bits per heavy atom. The molecule has 11 heteroatoms. The molecule has 0 saturated carbocycles. The van der Waals surface area contributed by atoms with Crippen LogP contribution in [0.3, 0.4) is 0 Å². The predicted molar refractivity (Wildman–Crippen MR) is 325 cm³/mol. The third-order valence-corrected chi connectivity index (χ3v) is 16.1. The number of aliphatic hydroxyl groups is 7. The van der Waals surface area contributed by atoms with E-state index in [4.69, 9.17) is 9.47 Å². The molecule has 0 radical (unpaired) electrons. The number of rotatable bonds is 58. The zero-order valence-corrected chi connectivity index (χ0v) is 50.7. The van der Waals surface area contributed by atoms with Crippen molar-refractivity contribution in [3.05, 3.63) is 36.5 Å². The zero-order chi connectivity index (χ0) is 56.8. The number of carbonyl (C=O) groups excluding carboxylic acids is 1. The molecule has 1 aliphatic heterocycles. The third kappa shape index (κ3) is 43.1. The first-order valence-electron chi connectivity index (χ1n) is 33.4. The molecule has 1 rings (SSSR count). The molecule has 0 aliphatic carbocycles. The quantitative estimate of drug-likeness (QED) is 0.0215. The summed E-state index contributed by atoms with van der Waals surface area (Å²) in [7, 11) is 0. The van der Waals surface area contributed by atoms with Gasteiger partial charge in [-0.2, -0.15) is 0 Å². The molecule has 8 N–H and O–H groups in total. The Hall–Kier alpha value is -1.67. The Balaban J connectivity index is 2.25. The number of aliphatic hydroxyl groups excluding tert-OH is 7. The van der Waals surface area contributed by atoms with Crippen molar-refractivity contribution >= 4 is 5.91 Å². The van der Waals surface area contributed by atoms with Gasteiger partial charge in [0.25, 0.3) is 0 Å². The summed E-state index contributed by atoms with van der Waals surface area (Å²) >= 11 is 0. The van der Waals surface area contributed by atoms with Crippen LogP contribution in [0.5, 0.6) is 0 Å². The molecule has 1 heterocycles. The van der Waals surface area contributed by atoms with E-state index in [1.54, 1.807) is 0 Å². The molecule has 0 aromatic rings. The van der Waals surface area contributed by atoms with Crippen molar-refractivity contribution in [2.45, 2.75) is 371 Å². The topological polar surface area (TPSA) is 189 Å². The number of unbranched alkanes of at least 4 members (excludes halogenated alkanes) is 40. The highest BCUT2D eigenvalue weighted by Crippen LogP contribution is 2.24. The molecule has 9 unspecified atom stereocenters. The summed E-state index contributed by atoms with van der Waals surface area (Å²) in [4.78, 5) is 13.2. The van der Waals surface area contributed by atoms with Gasteiger partial charge in [-0.25, -0.2) is 0 Å². The smallest absolute Gasteiger partial charge is 0.249 e.